The number of nitrogens with zero attached hydrogens (tertiary/aromatic N) is 2. The third kappa shape index (κ3) is 5.64. The van der Waals surface area contributed by atoms with Gasteiger partial charge in [0.1, 0.15) is 17.0 Å². The van der Waals surface area contributed by atoms with Gasteiger partial charge in [-0.15, -0.1) is 11.8 Å². The van der Waals surface area contributed by atoms with Crippen LogP contribution in [0.25, 0.3) is 71.0 Å². The summed E-state index contributed by atoms with van der Waals surface area (Å²) in [6.07, 6.45) is 9.84. The van der Waals surface area contributed by atoms with Crippen LogP contribution >= 0.6 is 11.8 Å². The van der Waals surface area contributed by atoms with Gasteiger partial charge in [0.2, 0.25) is 0 Å². The van der Waals surface area contributed by atoms with Gasteiger partial charge in [-0.25, -0.2) is 0 Å². The van der Waals surface area contributed by atoms with Crippen LogP contribution < -0.4 is 5.32 Å². The average Bonchev–Trinajstić information content (AvgIpc) is 4.06. The van der Waals surface area contributed by atoms with E-state index in [1.54, 1.807) is 0 Å². The Balaban J connectivity index is 1.03. The van der Waals surface area contributed by atoms with E-state index in [0.29, 0.717) is 0 Å². The molecule has 1 aliphatic carbocycles. The Hall–Kier alpha value is -6.82. The summed E-state index contributed by atoms with van der Waals surface area (Å²) in [7, 11) is 1.98. The first-order valence-electron chi connectivity index (χ1n) is 20.9. The molecule has 288 valence electrons. The zero-order valence-corrected chi connectivity index (χ0v) is 34.0. The molecule has 0 fully saturated rings. The number of aliphatic imine (C=N–C) groups is 1. The van der Waals surface area contributed by atoms with E-state index < -0.39 is 0 Å². The van der Waals surface area contributed by atoms with Gasteiger partial charge in [-0.3, -0.25) is 4.99 Å². The first kappa shape index (κ1) is 35.2. The van der Waals surface area contributed by atoms with Crippen molar-refractivity contribution < 1.29 is 4.42 Å². The number of fused-ring (bicyclic) bond motifs is 9. The van der Waals surface area contributed by atoms with Crippen LogP contribution in [0.1, 0.15) is 35.6 Å². The van der Waals surface area contributed by atoms with E-state index in [-0.39, 0.29) is 10.8 Å². The van der Waals surface area contributed by atoms with Gasteiger partial charge in [0.15, 0.2) is 0 Å². The minimum Gasteiger partial charge on any atom is -0.456 e. The molecule has 0 saturated carbocycles. The summed E-state index contributed by atoms with van der Waals surface area (Å²) in [5.41, 5.74) is 10.4. The zero-order chi connectivity index (χ0) is 39.8. The van der Waals surface area contributed by atoms with Gasteiger partial charge in [0, 0.05) is 44.7 Å². The van der Waals surface area contributed by atoms with Gasteiger partial charge in [-0.2, -0.15) is 0 Å². The van der Waals surface area contributed by atoms with Crippen LogP contribution in [0, 0.1) is 0 Å². The normalized spacial score (nSPS) is 16.9. The monoisotopic (exact) mass is 791 g/mol. The van der Waals surface area contributed by atoms with E-state index in [4.69, 9.17) is 9.41 Å². The standard InChI is InChI=1S/C55H41N3OS/c1-56-54(35-13-3-2-4-14-35)57-47(26-24-41-20-12-28-55(41)34-40-19-9-10-23-52(40)60-55)43-21-11-22-51-53(43)46-33-42(25-27-50(46)59-51)58-48-31-38-17-7-5-15-36(38)29-44(48)45-30-37-16-6-8-18-39(37)32-49(45)58/h2-23,25,27-33,47H,24,26,34H2,1H3,(H,56,57)/t47?,55-/m1/s1. The topological polar surface area (TPSA) is 42.5 Å². The summed E-state index contributed by atoms with van der Waals surface area (Å²) < 4.78 is 9.13. The van der Waals surface area contributed by atoms with E-state index in [9.17, 15) is 0 Å². The first-order chi connectivity index (χ1) is 29.6. The van der Waals surface area contributed by atoms with Crippen LogP contribution in [-0.2, 0) is 6.42 Å². The Kier molecular flexibility index (Phi) is 8.14. The van der Waals surface area contributed by atoms with Crippen LogP contribution in [0.2, 0.25) is 0 Å². The maximum atomic E-state index is 6.71. The number of furan rings is 1. The molecule has 12 rings (SSSR count). The molecule has 4 nitrogen and oxygen atoms in total. The highest BCUT2D eigenvalue weighted by atomic mass is 32.2. The number of aromatic nitrogens is 1. The predicted octanol–water partition coefficient (Wildman–Crippen LogP) is 14.1. The molecule has 1 N–H and O–H groups in total. The van der Waals surface area contributed by atoms with Crippen LogP contribution in [0.5, 0.6) is 0 Å². The van der Waals surface area contributed by atoms with Gasteiger partial charge in [0.05, 0.1) is 21.8 Å². The molecule has 2 aliphatic rings. The molecule has 0 bridgehead atoms. The lowest BCUT2D eigenvalue weighted by Gasteiger charge is -2.26. The summed E-state index contributed by atoms with van der Waals surface area (Å²) in [5.74, 6) is 0.881. The van der Waals surface area contributed by atoms with E-state index in [1.165, 1.54) is 64.9 Å². The minimum atomic E-state index is -0.140. The zero-order valence-electron chi connectivity index (χ0n) is 33.2. The third-order valence-corrected chi connectivity index (χ3v) is 14.3. The fraction of sp³-hybridized carbons (Fsp3) is 0.109. The maximum Gasteiger partial charge on any atom is 0.135 e. The predicted molar refractivity (Wildman–Crippen MR) is 253 cm³/mol. The molecule has 10 aromatic rings. The van der Waals surface area contributed by atoms with Crippen molar-refractivity contribution in [1.82, 2.24) is 9.88 Å². The molecule has 1 aliphatic heterocycles. The van der Waals surface area contributed by atoms with Gasteiger partial charge in [-0.05, 0) is 112 Å². The SMILES string of the molecule is CN/C(=N\C(CCC1=CC=C[C@@]12Cc1ccccc1S2)c1cccc2oc3ccc(-n4c5cc6ccccc6cc5c5cc6ccccc6cc54)cc3c12)c1ccccc1. The van der Waals surface area contributed by atoms with Crippen LogP contribution in [-0.4, -0.2) is 22.2 Å². The summed E-state index contributed by atoms with van der Waals surface area (Å²) in [6.45, 7) is 0. The second-order valence-corrected chi connectivity index (χ2v) is 17.6. The van der Waals surface area contributed by atoms with Crippen molar-refractivity contribution in [3.8, 4) is 5.69 Å². The molecule has 0 radical (unpaired) electrons. The molecular formula is C55H41N3OS. The number of thioether (sulfide) groups is 1. The molecule has 2 aromatic heterocycles. The number of amidine groups is 1. The number of allylic oxidation sites excluding steroid dienone is 2. The lowest BCUT2D eigenvalue weighted by molar-refractivity contribution is 0.628. The molecule has 2 atom stereocenters. The average molecular weight is 792 g/mol. The first-order valence-corrected chi connectivity index (χ1v) is 21.7. The van der Waals surface area contributed by atoms with Gasteiger partial charge in [0.25, 0.3) is 0 Å². The fourth-order valence-electron chi connectivity index (χ4n) is 9.94. The Bertz CT molecular complexity index is 3320. The molecule has 1 unspecified atom stereocenters. The van der Waals surface area contributed by atoms with Crippen molar-refractivity contribution in [1.29, 1.82) is 0 Å². The molecule has 3 heterocycles. The van der Waals surface area contributed by atoms with E-state index in [1.807, 2.05) is 18.8 Å². The number of hydrogen-bond acceptors (Lipinski definition) is 3. The van der Waals surface area contributed by atoms with Crippen molar-refractivity contribution in [3.05, 3.63) is 204 Å². The molecule has 60 heavy (non-hydrogen) atoms. The minimum absolute atomic E-state index is 0.0363. The van der Waals surface area contributed by atoms with Crippen molar-refractivity contribution in [2.24, 2.45) is 4.99 Å². The maximum absolute atomic E-state index is 6.71. The largest absolute Gasteiger partial charge is 0.456 e. The van der Waals surface area contributed by atoms with Gasteiger partial charge in [-0.1, -0.05) is 127 Å². The fourth-order valence-corrected chi connectivity index (χ4v) is 11.4. The summed E-state index contributed by atoms with van der Waals surface area (Å²) in [4.78, 5) is 6.99. The highest BCUT2D eigenvalue weighted by Gasteiger charge is 2.40. The number of rotatable bonds is 7. The van der Waals surface area contributed by atoms with Crippen molar-refractivity contribution in [2.45, 2.75) is 34.9 Å². The smallest absolute Gasteiger partial charge is 0.135 e. The Morgan fingerprint density at radius 3 is 2.10 bits per heavy atom. The Labute approximate surface area is 352 Å². The molecule has 8 aromatic carbocycles. The molecule has 0 saturated heterocycles. The summed E-state index contributed by atoms with van der Waals surface area (Å²) >= 11 is 2.00. The number of benzene rings is 8. The molecular weight excluding hydrogens is 751 g/mol. The van der Waals surface area contributed by atoms with Gasteiger partial charge >= 0.3 is 0 Å². The van der Waals surface area contributed by atoms with E-state index in [2.05, 4.69) is 192 Å². The van der Waals surface area contributed by atoms with Crippen LogP contribution in [0.4, 0.5) is 0 Å². The number of nitrogens with one attached hydrogen (secondary N) is 1. The van der Waals surface area contributed by atoms with Gasteiger partial charge < -0.3 is 14.3 Å². The highest BCUT2D eigenvalue weighted by molar-refractivity contribution is 8.01. The van der Waals surface area contributed by atoms with Crippen LogP contribution in [0.15, 0.2) is 202 Å². The van der Waals surface area contributed by atoms with Crippen molar-refractivity contribution in [3.63, 3.8) is 0 Å². The Morgan fingerprint density at radius 2 is 1.38 bits per heavy atom. The highest BCUT2D eigenvalue weighted by Crippen LogP contribution is 2.53. The summed E-state index contributed by atoms with van der Waals surface area (Å²) in [5, 5.41) is 13.1. The molecule has 1 spiro atoms. The second kappa shape index (κ2) is 13.9. The van der Waals surface area contributed by atoms with E-state index in [0.717, 1.165) is 58.3 Å². The lowest BCUT2D eigenvalue weighted by Crippen LogP contribution is -2.23. The Morgan fingerprint density at radius 1 is 0.700 bits per heavy atom. The lowest BCUT2D eigenvalue weighted by atomic mass is 9.88. The molecule has 5 heteroatoms. The number of hydrogen-bond donors (Lipinski definition) is 1. The van der Waals surface area contributed by atoms with Crippen LogP contribution in [0.3, 0.4) is 0 Å². The second-order valence-electron chi connectivity index (χ2n) is 16.2. The van der Waals surface area contributed by atoms with Crippen molar-refractivity contribution >= 4 is 82.9 Å². The van der Waals surface area contributed by atoms with Crippen molar-refractivity contribution in [2.75, 3.05) is 7.05 Å². The molecule has 0 amide bonds. The summed E-state index contributed by atoms with van der Waals surface area (Å²) in [6, 6.07) is 59.3. The quantitative estimate of drug-likeness (QED) is 0.129. The van der Waals surface area contributed by atoms with E-state index >= 15 is 0 Å². The third-order valence-electron chi connectivity index (χ3n) is 12.8.